The van der Waals surface area contributed by atoms with Crippen molar-refractivity contribution >= 4 is 29.0 Å². The van der Waals surface area contributed by atoms with Gasteiger partial charge in [0.05, 0.1) is 31.7 Å². The Morgan fingerprint density at radius 1 is 1.05 bits per heavy atom. The third-order valence-electron chi connectivity index (χ3n) is 9.05. The van der Waals surface area contributed by atoms with Crippen molar-refractivity contribution in [2.24, 2.45) is 29.4 Å². The normalized spacial score (nSPS) is 31.5. The molecule has 1 heterocycles. The van der Waals surface area contributed by atoms with Gasteiger partial charge in [0.1, 0.15) is 11.9 Å². The second kappa shape index (κ2) is 8.85. The summed E-state index contributed by atoms with van der Waals surface area (Å²) in [4.78, 5) is 68.7. The highest BCUT2D eigenvalue weighted by Crippen LogP contribution is 2.60. The second-order valence-electron chi connectivity index (χ2n) is 11.1. The molecule has 4 aliphatic rings. The van der Waals surface area contributed by atoms with E-state index in [1.807, 2.05) is 0 Å². The largest absolute Gasteiger partial charge is 0.507 e. The fourth-order valence-corrected chi connectivity index (χ4v) is 7.36. The van der Waals surface area contributed by atoms with Crippen LogP contribution in [-0.2, 0) is 19.2 Å². The van der Waals surface area contributed by atoms with Gasteiger partial charge < -0.3 is 30.2 Å². The number of aromatic hydroxyl groups is 1. The number of carbonyl (C=O) groups is 5. The van der Waals surface area contributed by atoms with Gasteiger partial charge >= 0.3 is 0 Å². The predicted molar refractivity (Wildman–Crippen MR) is 140 cm³/mol. The maximum Gasteiger partial charge on any atom is 0.235 e. The number of nitrogens with two attached hydrogens (primary N) is 1. The van der Waals surface area contributed by atoms with Crippen LogP contribution < -0.4 is 19.9 Å². The third-order valence-corrected chi connectivity index (χ3v) is 9.05. The average molecular weight is 565 g/mol. The van der Waals surface area contributed by atoms with E-state index in [0.29, 0.717) is 22.4 Å². The molecule has 3 unspecified atom stereocenters. The first kappa shape index (κ1) is 26.9. The van der Waals surface area contributed by atoms with Gasteiger partial charge in [0, 0.05) is 23.0 Å². The van der Waals surface area contributed by atoms with E-state index in [1.165, 1.54) is 39.3 Å². The lowest BCUT2D eigenvalue weighted by atomic mass is 9.51. The number of primary amides is 1. The van der Waals surface area contributed by atoms with E-state index in [2.05, 4.69) is 0 Å². The smallest absolute Gasteiger partial charge is 0.235 e. The number of hydrogen-bond donors (Lipinski definition) is 3. The van der Waals surface area contributed by atoms with Crippen molar-refractivity contribution in [2.75, 3.05) is 28.3 Å². The molecule has 0 saturated heterocycles. The number of rotatable bonds is 4. The zero-order valence-electron chi connectivity index (χ0n) is 22.7. The molecule has 2 aromatic carbocycles. The number of likely N-dealkylation sites (N-methyl/N-ethyl adjacent to an activating group) is 1. The standard InChI is InChI=1S/C29H28N2O10/c1-31(2)20-13-9-12-17(26(35)29(13,38)27(36)19(22(20)34)28(30)37)21(33)18-14(32)7-5-10-11-6-8-15(39-3)25(40-4)24(11)41-23(12)16(10)18/h5-8,12-13,17,19-20,23,32,38H,9H2,1-4H3,(H2,30,37)/t12-,13-,17?,19?,20-,23?,29-/m0/s1. The van der Waals surface area contributed by atoms with Crippen LogP contribution in [0.25, 0.3) is 11.1 Å². The predicted octanol–water partition coefficient (Wildman–Crippen LogP) is 0.442. The van der Waals surface area contributed by atoms with Crippen LogP contribution in [0.5, 0.6) is 23.0 Å². The van der Waals surface area contributed by atoms with Crippen LogP contribution in [0, 0.1) is 23.7 Å². The molecule has 6 rings (SSSR count). The Labute approximate surface area is 234 Å². The van der Waals surface area contributed by atoms with Crippen LogP contribution >= 0.6 is 0 Å². The van der Waals surface area contributed by atoms with Gasteiger partial charge in [-0.25, -0.2) is 0 Å². The topological polar surface area (TPSA) is 183 Å². The molecule has 1 amide bonds. The lowest BCUT2D eigenvalue weighted by Crippen LogP contribution is -2.74. The van der Waals surface area contributed by atoms with E-state index >= 15 is 0 Å². The highest BCUT2D eigenvalue weighted by Gasteiger charge is 2.70. The van der Waals surface area contributed by atoms with Crippen LogP contribution in [0.3, 0.4) is 0 Å². The number of phenolic OH excluding ortho intramolecular Hbond substituents is 1. The Bertz CT molecular complexity index is 1580. The second-order valence-corrected chi connectivity index (χ2v) is 11.1. The molecule has 2 fully saturated rings. The molecule has 0 radical (unpaired) electrons. The first-order valence-electron chi connectivity index (χ1n) is 13.0. The number of fused-ring (bicyclic) bond motifs is 5. The SMILES string of the molecule is COc1ccc2c(c1OC)OC1c3c-2ccc(O)c3C(=O)C2C(=O)[C@]3(O)C(=O)C(C(N)=O)C(=O)[C@@H](N(C)C)[C@@H]3C[C@@H]21. The zero-order valence-corrected chi connectivity index (χ0v) is 22.7. The lowest BCUT2D eigenvalue weighted by Gasteiger charge is -2.54. The summed E-state index contributed by atoms with van der Waals surface area (Å²) in [6.07, 6.45) is -1.16. The summed E-state index contributed by atoms with van der Waals surface area (Å²) in [5.41, 5.74) is 3.89. The minimum absolute atomic E-state index is 0.153. The van der Waals surface area contributed by atoms with Gasteiger partial charge in [-0.15, -0.1) is 0 Å². The van der Waals surface area contributed by atoms with Crippen molar-refractivity contribution < 1.29 is 48.4 Å². The summed E-state index contributed by atoms with van der Waals surface area (Å²) in [6, 6.07) is 5.14. The molecule has 0 aromatic heterocycles. The van der Waals surface area contributed by atoms with Gasteiger partial charge in [-0.1, -0.05) is 6.07 Å². The highest BCUT2D eigenvalue weighted by molar-refractivity contribution is 6.32. The zero-order chi connectivity index (χ0) is 29.7. The first-order chi connectivity index (χ1) is 19.4. The van der Waals surface area contributed by atoms with Gasteiger partial charge in [-0.2, -0.15) is 0 Å². The summed E-state index contributed by atoms with van der Waals surface area (Å²) >= 11 is 0. The summed E-state index contributed by atoms with van der Waals surface area (Å²) in [5.74, 6) is -10.7. The number of methoxy groups -OCH3 is 2. The number of hydrogen-bond acceptors (Lipinski definition) is 11. The minimum Gasteiger partial charge on any atom is -0.507 e. The van der Waals surface area contributed by atoms with E-state index in [4.69, 9.17) is 19.9 Å². The third kappa shape index (κ3) is 3.25. The quantitative estimate of drug-likeness (QED) is 0.438. The maximum atomic E-state index is 14.2. The van der Waals surface area contributed by atoms with Crippen molar-refractivity contribution in [1.82, 2.24) is 4.90 Å². The van der Waals surface area contributed by atoms with Crippen molar-refractivity contribution in [3.8, 4) is 34.1 Å². The van der Waals surface area contributed by atoms with E-state index in [0.717, 1.165) is 0 Å². The monoisotopic (exact) mass is 564 g/mol. The van der Waals surface area contributed by atoms with Gasteiger partial charge in [0.25, 0.3) is 0 Å². The Morgan fingerprint density at radius 2 is 1.73 bits per heavy atom. The number of amides is 1. The van der Waals surface area contributed by atoms with Gasteiger partial charge in [0.15, 0.2) is 46.2 Å². The fraction of sp³-hybridized carbons (Fsp3) is 0.414. The molecule has 0 bridgehead atoms. The number of nitrogens with zero attached hydrogens (tertiary/aromatic N) is 1. The van der Waals surface area contributed by atoms with Crippen molar-refractivity contribution in [2.45, 2.75) is 24.2 Å². The maximum absolute atomic E-state index is 14.2. The number of phenols is 1. The molecule has 12 nitrogen and oxygen atoms in total. The van der Waals surface area contributed by atoms with E-state index in [1.54, 1.807) is 18.2 Å². The van der Waals surface area contributed by atoms with Gasteiger partial charge in [0.2, 0.25) is 11.7 Å². The van der Waals surface area contributed by atoms with Crippen molar-refractivity contribution in [1.29, 1.82) is 0 Å². The Kier molecular flexibility index (Phi) is 5.81. The Balaban J connectivity index is 1.58. The number of aliphatic hydroxyl groups is 1. The lowest BCUT2D eigenvalue weighted by molar-refractivity contribution is -0.183. The molecule has 2 saturated carbocycles. The molecule has 2 aromatic rings. The summed E-state index contributed by atoms with van der Waals surface area (Å²) in [5, 5.41) is 22.7. The highest BCUT2D eigenvalue weighted by atomic mass is 16.5. The Morgan fingerprint density at radius 3 is 2.34 bits per heavy atom. The van der Waals surface area contributed by atoms with Crippen LogP contribution in [-0.4, -0.2) is 84.1 Å². The summed E-state index contributed by atoms with van der Waals surface area (Å²) in [6.45, 7) is 0. The number of benzene rings is 2. The van der Waals surface area contributed by atoms with Crippen LogP contribution in [0.2, 0.25) is 0 Å². The molecule has 7 atom stereocenters. The van der Waals surface area contributed by atoms with Gasteiger partial charge in [-0.3, -0.25) is 28.9 Å². The molecule has 41 heavy (non-hydrogen) atoms. The average Bonchev–Trinajstić information content (AvgIpc) is 2.92. The molecule has 0 spiro atoms. The number of carbonyl (C=O) groups excluding carboxylic acids is 5. The van der Waals surface area contributed by atoms with Crippen LogP contribution in [0.15, 0.2) is 24.3 Å². The number of Topliss-reactive ketones (excluding diaryl/α,β-unsaturated/α-hetero) is 4. The molecule has 12 heteroatoms. The summed E-state index contributed by atoms with van der Waals surface area (Å²) in [7, 11) is 5.95. The minimum atomic E-state index is -2.84. The van der Waals surface area contributed by atoms with E-state index in [-0.39, 0.29) is 23.5 Å². The van der Waals surface area contributed by atoms with E-state index < -0.39 is 76.2 Å². The van der Waals surface area contributed by atoms with Crippen LogP contribution in [0.4, 0.5) is 0 Å². The van der Waals surface area contributed by atoms with Crippen molar-refractivity contribution in [3.63, 3.8) is 0 Å². The van der Waals surface area contributed by atoms with E-state index in [9.17, 15) is 34.2 Å². The molecule has 4 N–H and O–H groups in total. The first-order valence-corrected chi connectivity index (χ1v) is 13.0. The number of ketones is 4. The van der Waals surface area contributed by atoms with Crippen molar-refractivity contribution in [3.05, 3.63) is 35.4 Å². The Hall–Kier alpha value is -4.29. The molecule has 1 aliphatic heterocycles. The summed E-state index contributed by atoms with van der Waals surface area (Å²) < 4.78 is 17.5. The van der Waals surface area contributed by atoms with Gasteiger partial charge in [-0.05, 0) is 44.3 Å². The number of ether oxygens (including phenoxy) is 3. The molecular formula is C29H28N2O10. The fourth-order valence-electron chi connectivity index (χ4n) is 7.36. The van der Waals surface area contributed by atoms with Crippen LogP contribution in [0.1, 0.15) is 28.4 Å². The molecule has 214 valence electrons. The molecule has 3 aliphatic carbocycles. The molecular weight excluding hydrogens is 536 g/mol.